The van der Waals surface area contributed by atoms with Gasteiger partial charge >= 0.3 is 0 Å². The zero-order valence-electron chi connectivity index (χ0n) is 15.9. The number of halogens is 1. The van der Waals surface area contributed by atoms with Gasteiger partial charge in [-0.05, 0) is 69.2 Å². The number of nitrogens with zero attached hydrogens (tertiary/aromatic N) is 2. The Hall–Kier alpha value is -2.37. The maximum atomic E-state index is 6.09. The van der Waals surface area contributed by atoms with Gasteiger partial charge in [0.2, 0.25) is 0 Å². The maximum Gasteiger partial charge on any atom is 0.175 e. The Balaban J connectivity index is 1.75. The molecule has 0 aliphatic carbocycles. The number of aromatic nitrogens is 2. The van der Waals surface area contributed by atoms with Crippen molar-refractivity contribution in [3.63, 3.8) is 0 Å². The molecule has 6 heteroatoms. The number of nitrogens with one attached hydrogen (secondary N) is 2. The first kappa shape index (κ1) is 19.4. The van der Waals surface area contributed by atoms with E-state index in [4.69, 9.17) is 23.8 Å². The van der Waals surface area contributed by atoms with E-state index in [0.29, 0.717) is 11.7 Å². The van der Waals surface area contributed by atoms with Crippen LogP contribution in [0.4, 0.5) is 11.4 Å². The molecule has 1 aromatic heterocycles. The van der Waals surface area contributed by atoms with Gasteiger partial charge in [-0.2, -0.15) is 5.10 Å². The molecule has 3 rings (SSSR count). The first-order chi connectivity index (χ1) is 12.8. The average molecular weight is 399 g/mol. The van der Waals surface area contributed by atoms with Crippen LogP contribution < -0.4 is 10.6 Å². The number of thiocarbonyl (C=S) groups is 1. The summed E-state index contributed by atoms with van der Waals surface area (Å²) in [6, 6.07) is 14.1. The third-order valence-electron chi connectivity index (χ3n) is 4.47. The van der Waals surface area contributed by atoms with E-state index in [9.17, 15) is 0 Å². The highest BCUT2D eigenvalue weighted by Gasteiger charge is 2.13. The molecule has 140 valence electrons. The van der Waals surface area contributed by atoms with Gasteiger partial charge in [0.05, 0.1) is 23.6 Å². The second kappa shape index (κ2) is 8.11. The third kappa shape index (κ3) is 4.67. The van der Waals surface area contributed by atoms with Crippen molar-refractivity contribution >= 4 is 40.3 Å². The fourth-order valence-electron chi connectivity index (χ4n) is 3.06. The topological polar surface area (TPSA) is 41.9 Å². The largest absolute Gasteiger partial charge is 0.332 e. The second-order valence-corrected chi connectivity index (χ2v) is 7.58. The van der Waals surface area contributed by atoms with Crippen molar-refractivity contribution in [2.45, 2.75) is 34.2 Å². The number of benzene rings is 2. The number of rotatable bonds is 4. The number of aryl methyl sites for hydroxylation is 3. The molecule has 0 spiro atoms. The smallest absolute Gasteiger partial charge is 0.175 e. The highest BCUT2D eigenvalue weighted by Crippen LogP contribution is 2.22. The van der Waals surface area contributed by atoms with Crippen LogP contribution in [-0.2, 0) is 6.54 Å². The molecule has 0 aliphatic rings. The molecule has 27 heavy (non-hydrogen) atoms. The van der Waals surface area contributed by atoms with Gasteiger partial charge in [-0.3, -0.25) is 4.68 Å². The summed E-state index contributed by atoms with van der Waals surface area (Å²) in [4.78, 5) is 0. The lowest BCUT2D eigenvalue weighted by molar-refractivity contribution is 0.659. The molecule has 2 N–H and O–H groups in total. The summed E-state index contributed by atoms with van der Waals surface area (Å²) < 4.78 is 1.96. The van der Waals surface area contributed by atoms with Gasteiger partial charge in [0, 0.05) is 10.7 Å². The lowest BCUT2D eigenvalue weighted by Gasteiger charge is -2.13. The predicted octanol–water partition coefficient (Wildman–Crippen LogP) is 5.63. The van der Waals surface area contributed by atoms with Crippen molar-refractivity contribution in [3.8, 4) is 0 Å². The molecule has 0 saturated heterocycles. The molecular formula is C21H23ClN4S. The van der Waals surface area contributed by atoms with Crippen molar-refractivity contribution in [1.29, 1.82) is 0 Å². The van der Waals surface area contributed by atoms with Gasteiger partial charge < -0.3 is 10.6 Å². The van der Waals surface area contributed by atoms with E-state index in [2.05, 4.69) is 41.7 Å². The summed E-state index contributed by atoms with van der Waals surface area (Å²) in [6.45, 7) is 8.81. The van der Waals surface area contributed by atoms with Crippen LogP contribution in [0, 0.1) is 27.7 Å². The van der Waals surface area contributed by atoms with Crippen molar-refractivity contribution in [1.82, 2.24) is 9.78 Å². The van der Waals surface area contributed by atoms with Crippen LogP contribution in [0.2, 0.25) is 5.02 Å². The lowest BCUT2D eigenvalue weighted by Crippen LogP contribution is -2.20. The summed E-state index contributed by atoms with van der Waals surface area (Å²) in [5.41, 5.74) is 7.35. The lowest BCUT2D eigenvalue weighted by atomic mass is 10.1. The monoisotopic (exact) mass is 398 g/mol. The number of hydrogen-bond acceptors (Lipinski definition) is 2. The fraction of sp³-hybridized carbons (Fsp3) is 0.238. The molecule has 0 aliphatic heterocycles. The molecular weight excluding hydrogens is 376 g/mol. The average Bonchev–Trinajstić information content (AvgIpc) is 2.85. The Morgan fingerprint density at radius 3 is 2.56 bits per heavy atom. The zero-order valence-corrected chi connectivity index (χ0v) is 17.5. The number of hydrogen-bond donors (Lipinski definition) is 2. The van der Waals surface area contributed by atoms with Crippen LogP contribution in [0.1, 0.15) is 28.1 Å². The zero-order chi connectivity index (χ0) is 19.6. The third-order valence-corrected chi connectivity index (χ3v) is 4.91. The fourth-order valence-corrected chi connectivity index (χ4v) is 3.49. The van der Waals surface area contributed by atoms with E-state index >= 15 is 0 Å². The summed E-state index contributed by atoms with van der Waals surface area (Å²) in [5, 5.41) is 12.5. The Labute approximate surface area is 170 Å². The summed E-state index contributed by atoms with van der Waals surface area (Å²) in [7, 11) is 0. The summed E-state index contributed by atoms with van der Waals surface area (Å²) >= 11 is 11.6. The molecule has 2 aromatic carbocycles. The van der Waals surface area contributed by atoms with Gasteiger partial charge in [0.25, 0.3) is 0 Å². The van der Waals surface area contributed by atoms with E-state index < -0.39 is 0 Å². The van der Waals surface area contributed by atoms with Crippen molar-refractivity contribution < 1.29 is 0 Å². The van der Waals surface area contributed by atoms with Crippen molar-refractivity contribution in [2.24, 2.45) is 0 Å². The Morgan fingerprint density at radius 2 is 1.85 bits per heavy atom. The molecule has 1 heterocycles. The molecule has 0 bridgehead atoms. The maximum absolute atomic E-state index is 6.09. The molecule has 3 aromatic rings. The van der Waals surface area contributed by atoms with Gasteiger partial charge in [-0.25, -0.2) is 0 Å². The Bertz CT molecular complexity index is 994. The van der Waals surface area contributed by atoms with E-state index in [0.717, 1.165) is 38.9 Å². The van der Waals surface area contributed by atoms with Gasteiger partial charge in [0.1, 0.15) is 0 Å². The Morgan fingerprint density at radius 1 is 1.07 bits per heavy atom. The van der Waals surface area contributed by atoms with E-state index in [1.54, 1.807) is 0 Å². The van der Waals surface area contributed by atoms with Gasteiger partial charge in [-0.15, -0.1) is 0 Å². The first-order valence-electron chi connectivity index (χ1n) is 8.77. The van der Waals surface area contributed by atoms with Crippen LogP contribution in [-0.4, -0.2) is 14.9 Å². The van der Waals surface area contributed by atoms with Gasteiger partial charge in [-0.1, -0.05) is 41.4 Å². The SMILES string of the molecule is Cc1ccc(NC(=S)Nc2c(C)nn(Cc3cccc(Cl)c3)c2C)c(C)c1. The van der Waals surface area contributed by atoms with Crippen molar-refractivity contribution in [3.05, 3.63) is 75.6 Å². The van der Waals surface area contributed by atoms with Crippen molar-refractivity contribution in [2.75, 3.05) is 10.6 Å². The van der Waals surface area contributed by atoms with Crippen LogP contribution in [0.5, 0.6) is 0 Å². The Kier molecular flexibility index (Phi) is 5.82. The van der Waals surface area contributed by atoms with Crippen LogP contribution in [0.3, 0.4) is 0 Å². The quantitative estimate of drug-likeness (QED) is 0.559. The van der Waals surface area contributed by atoms with E-state index in [1.807, 2.05) is 48.9 Å². The van der Waals surface area contributed by atoms with E-state index in [-0.39, 0.29) is 0 Å². The highest BCUT2D eigenvalue weighted by molar-refractivity contribution is 7.80. The summed E-state index contributed by atoms with van der Waals surface area (Å²) in [5.74, 6) is 0. The van der Waals surface area contributed by atoms with Crippen LogP contribution in [0.25, 0.3) is 0 Å². The predicted molar refractivity (Wildman–Crippen MR) is 118 cm³/mol. The molecule has 0 radical (unpaired) electrons. The first-order valence-corrected chi connectivity index (χ1v) is 9.56. The molecule has 0 atom stereocenters. The second-order valence-electron chi connectivity index (χ2n) is 6.73. The van der Waals surface area contributed by atoms with Crippen LogP contribution >= 0.6 is 23.8 Å². The normalized spacial score (nSPS) is 10.7. The number of anilines is 2. The van der Waals surface area contributed by atoms with Gasteiger partial charge in [0.15, 0.2) is 5.11 Å². The minimum Gasteiger partial charge on any atom is -0.332 e. The standard InChI is InChI=1S/C21H23ClN4S/c1-13-8-9-19(14(2)10-13)23-21(27)24-20-15(3)25-26(16(20)4)12-17-6-5-7-18(22)11-17/h5-11H,12H2,1-4H3,(H2,23,24,27). The van der Waals surface area contributed by atoms with E-state index in [1.165, 1.54) is 5.56 Å². The molecule has 4 nitrogen and oxygen atoms in total. The molecule has 0 unspecified atom stereocenters. The molecule has 0 amide bonds. The highest BCUT2D eigenvalue weighted by atomic mass is 35.5. The summed E-state index contributed by atoms with van der Waals surface area (Å²) in [6.07, 6.45) is 0. The minimum atomic E-state index is 0.551. The van der Waals surface area contributed by atoms with Crippen LogP contribution in [0.15, 0.2) is 42.5 Å². The molecule has 0 fully saturated rings. The molecule has 0 saturated carbocycles. The minimum absolute atomic E-state index is 0.551.